The van der Waals surface area contributed by atoms with E-state index < -0.39 is 17.9 Å². The number of esters is 1. The second-order valence-electron chi connectivity index (χ2n) is 4.64. The van der Waals surface area contributed by atoms with Gasteiger partial charge in [-0.3, -0.25) is 4.79 Å². The van der Waals surface area contributed by atoms with Crippen molar-refractivity contribution in [2.45, 2.75) is 13.0 Å². The second-order valence-corrected chi connectivity index (χ2v) is 6.62. The number of nitrogens with one attached hydrogen (secondary N) is 1. The number of thiazole rings is 1. The molecule has 0 aliphatic carbocycles. The summed E-state index contributed by atoms with van der Waals surface area (Å²) in [6.07, 6.45) is 2.96. The van der Waals surface area contributed by atoms with Gasteiger partial charge in [0, 0.05) is 15.9 Å². The summed E-state index contributed by atoms with van der Waals surface area (Å²) in [7, 11) is 1.29. The van der Waals surface area contributed by atoms with Gasteiger partial charge in [0.15, 0.2) is 6.04 Å². The molecule has 1 heterocycles. The van der Waals surface area contributed by atoms with Crippen molar-refractivity contribution in [1.82, 2.24) is 10.3 Å². The molecular weight excluding hydrogens is 380 g/mol. The van der Waals surface area contributed by atoms with Crippen LogP contribution in [0.4, 0.5) is 0 Å². The summed E-state index contributed by atoms with van der Waals surface area (Å²) in [6, 6.07) is 6.23. The summed E-state index contributed by atoms with van der Waals surface area (Å²) in [5.41, 5.74) is 1.35. The van der Waals surface area contributed by atoms with E-state index in [0.717, 1.165) is 9.48 Å². The lowest BCUT2D eigenvalue weighted by molar-refractivity contribution is -0.144. The summed E-state index contributed by atoms with van der Waals surface area (Å²) in [6.45, 7) is 1.89. The van der Waals surface area contributed by atoms with Gasteiger partial charge in [-0.15, -0.1) is 11.3 Å². The first-order valence-electron chi connectivity index (χ1n) is 6.73. The molecule has 0 saturated carbocycles. The number of nitrogens with zero attached hydrogens (tertiary/aromatic N) is 1. The van der Waals surface area contributed by atoms with Crippen molar-refractivity contribution in [3.8, 4) is 0 Å². The molecular formula is C16H15BrN2O3S. The number of hydrogen-bond acceptors (Lipinski definition) is 5. The number of hydrogen-bond donors (Lipinski definition) is 1. The third-order valence-electron chi connectivity index (χ3n) is 2.97. The lowest BCUT2D eigenvalue weighted by atomic mass is 10.1. The van der Waals surface area contributed by atoms with Crippen LogP contribution in [-0.4, -0.2) is 24.0 Å². The third-order valence-corrected chi connectivity index (χ3v) is 4.29. The van der Waals surface area contributed by atoms with Gasteiger partial charge in [-0.1, -0.05) is 28.1 Å². The number of aryl methyl sites for hydroxylation is 1. The molecule has 7 heteroatoms. The lowest BCUT2D eigenvalue weighted by Gasteiger charge is -2.15. The van der Waals surface area contributed by atoms with Crippen LogP contribution in [-0.2, 0) is 14.3 Å². The lowest BCUT2D eigenvalue weighted by Crippen LogP contribution is -2.33. The minimum Gasteiger partial charge on any atom is -0.467 e. The summed E-state index contributed by atoms with van der Waals surface area (Å²) in [5, 5.41) is 5.42. The Morgan fingerprint density at radius 1 is 1.35 bits per heavy atom. The van der Waals surface area contributed by atoms with Crippen LogP contribution >= 0.6 is 27.3 Å². The molecule has 1 N–H and O–H groups in total. The van der Waals surface area contributed by atoms with Crippen LogP contribution < -0.4 is 5.32 Å². The van der Waals surface area contributed by atoms with Crippen molar-refractivity contribution < 1.29 is 14.3 Å². The molecule has 1 amide bonds. The number of benzene rings is 1. The standard InChI is InChI=1S/C16H15BrN2O3S/c1-10-18-13(9-23-10)7-8-14(20)19-15(16(21)22-2)11-3-5-12(17)6-4-11/h3-9,15H,1-2H3,(H,19,20)/b8-7-. The quantitative estimate of drug-likeness (QED) is 0.624. The molecule has 0 saturated heterocycles. The Kier molecular flexibility index (Phi) is 6.06. The highest BCUT2D eigenvalue weighted by atomic mass is 79.9. The van der Waals surface area contributed by atoms with Crippen LogP contribution in [0.1, 0.15) is 22.3 Å². The predicted octanol–water partition coefficient (Wildman–Crippen LogP) is 3.26. The number of methoxy groups -OCH3 is 1. The van der Waals surface area contributed by atoms with Crippen molar-refractivity contribution in [1.29, 1.82) is 0 Å². The molecule has 23 heavy (non-hydrogen) atoms. The molecule has 1 aromatic carbocycles. The molecule has 0 bridgehead atoms. The number of amides is 1. The molecule has 0 fully saturated rings. The highest BCUT2D eigenvalue weighted by Gasteiger charge is 2.22. The minimum atomic E-state index is -0.859. The van der Waals surface area contributed by atoms with Crippen molar-refractivity contribution in [3.05, 3.63) is 56.5 Å². The Morgan fingerprint density at radius 3 is 2.61 bits per heavy atom. The second kappa shape index (κ2) is 8.03. The number of halogens is 1. The number of carbonyl (C=O) groups is 2. The van der Waals surface area contributed by atoms with Gasteiger partial charge in [-0.2, -0.15) is 0 Å². The van der Waals surface area contributed by atoms with Crippen LogP contribution in [0.2, 0.25) is 0 Å². The maximum absolute atomic E-state index is 12.1. The van der Waals surface area contributed by atoms with Crippen LogP contribution in [0.25, 0.3) is 6.08 Å². The molecule has 1 atom stereocenters. The third kappa shape index (κ3) is 5.01. The van der Waals surface area contributed by atoms with Crippen molar-refractivity contribution in [2.24, 2.45) is 0 Å². The van der Waals surface area contributed by atoms with E-state index in [9.17, 15) is 9.59 Å². The average molecular weight is 395 g/mol. The highest BCUT2D eigenvalue weighted by molar-refractivity contribution is 9.10. The first kappa shape index (κ1) is 17.4. The van der Waals surface area contributed by atoms with E-state index in [4.69, 9.17) is 4.74 Å². The number of aromatic nitrogens is 1. The summed E-state index contributed by atoms with van der Waals surface area (Å²) >= 11 is 4.84. The maximum Gasteiger partial charge on any atom is 0.333 e. The van der Waals surface area contributed by atoms with Crippen LogP contribution in [0.3, 0.4) is 0 Å². The van der Waals surface area contributed by atoms with E-state index in [0.29, 0.717) is 11.3 Å². The van der Waals surface area contributed by atoms with Gasteiger partial charge < -0.3 is 10.1 Å². The molecule has 0 radical (unpaired) electrons. The SMILES string of the molecule is COC(=O)C(NC(=O)/C=C\c1csc(C)n1)c1ccc(Br)cc1. The normalized spacial score (nSPS) is 12.1. The highest BCUT2D eigenvalue weighted by Crippen LogP contribution is 2.18. The zero-order valence-electron chi connectivity index (χ0n) is 12.6. The van der Waals surface area contributed by atoms with E-state index in [2.05, 4.69) is 26.2 Å². The molecule has 2 aromatic rings. The topological polar surface area (TPSA) is 68.3 Å². The summed E-state index contributed by atoms with van der Waals surface area (Å²) in [4.78, 5) is 28.2. The van der Waals surface area contributed by atoms with E-state index >= 15 is 0 Å². The molecule has 1 unspecified atom stereocenters. The predicted molar refractivity (Wildman–Crippen MR) is 92.9 cm³/mol. The largest absolute Gasteiger partial charge is 0.467 e. The maximum atomic E-state index is 12.1. The monoisotopic (exact) mass is 394 g/mol. The molecule has 5 nitrogen and oxygen atoms in total. The van der Waals surface area contributed by atoms with Crippen LogP contribution in [0.5, 0.6) is 0 Å². The Morgan fingerprint density at radius 2 is 2.04 bits per heavy atom. The van der Waals surface area contributed by atoms with E-state index in [-0.39, 0.29) is 0 Å². The smallest absolute Gasteiger partial charge is 0.333 e. The van der Waals surface area contributed by atoms with Crippen LogP contribution in [0, 0.1) is 6.92 Å². The van der Waals surface area contributed by atoms with Gasteiger partial charge in [-0.05, 0) is 30.7 Å². The first-order chi connectivity index (χ1) is 11.0. The minimum absolute atomic E-state index is 0.394. The van der Waals surface area contributed by atoms with E-state index in [1.165, 1.54) is 24.5 Å². The number of ether oxygens (including phenoxy) is 1. The van der Waals surface area contributed by atoms with Gasteiger partial charge >= 0.3 is 5.97 Å². The van der Waals surface area contributed by atoms with E-state index in [1.807, 2.05) is 12.3 Å². The van der Waals surface area contributed by atoms with Crippen LogP contribution in [0.15, 0.2) is 40.2 Å². The zero-order chi connectivity index (χ0) is 16.8. The molecule has 0 spiro atoms. The zero-order valence-corrected chi connectivity index (χ0v) is 15.0. The Hall–Kier alpha value is -1.99. The van der Waals surface area contributed by atoms with E-state index in [1.54, 1.807) is 30.3 Å². The fourth-order valence-corrected chi connectivity index (χ4v) is 2.70. The van der Waals surface area contributed by atoms with Crippen molar-refractivity contribution >= 4 is 45.2 Å². The van der Waals surface area contributed by atoms with Gasteiger partial charge in [-0.25, -0.2) is 9.78 Å². The molecule has 0 aliphatic rings. The Labute approximate surface area is 146 Å². The van der Waals surface area contributed by atoms with Crippen molar-refractivity contribution in [2.75, 3.05) is 7.11 Å². The summed E-state index contributed by atoms with van der Waals surface area (Å²) in [5.74, 6) is -0.924. The van der Waals surface area contributed by atoms with Gasteiger partial charge in [0.1, 0.15) is 0 Å². The fourth-order valence-electron chi connectivity index (χ4n) is 1.86. The van der Waals surface area contributed by atoms with Gasteiger partial charge in [0.05, 0.1) is 17.8 Å². The molecule has 120 valence electrons. The number of carbonyl (C=O) groups excluding carboxylic acids is 2. The summed E-state index contributed by atoms with van der Waals surface area (Å²) < 4.78 is 5.65. The molecule has 1 aromatic heterocycles. The first-order valence-corrected chi connectivity index (χ1v) is 8.41. The number of rotatable bonds is 5. The van der Waals surface area contributed by atoms with Gasteiger partial charge in [0.25, 0.3) is 0 Å². The molecule has 0 aliphatic heterocycles. The fraction of sp³-hybridized carbons (Fsp3) is 0.188. The Balaban J connectivity index is 2.11. The Bertz CT molecular complexity index is 725. The molecule has 2 rings (SSSR count). The van der Waals surface area contributed by atoms with Gasteiger partial charge in [0.2, 0.25) is 5.91 Å². The average Bonchev–Trinajstić information content (AvgIpc) is 2.96. The van der Waals surface area contributed by atoms with Crippen molar-refractivity contribution in [3.63, 3.8) is 0 Å².